The SMILES string of the molecule is CON=Cc1ccc(N2CCCC2)cc1. The monoisotopic (exact) mass is 204 g/mol. The normalized spacial score (nSPS) is 16.2. The van der Waals surface area contributed by atoms with Crippen LogP contribution in [0, 0.1) is 0 Å². The molecule has 2 rings (SSSR count). The predicted molar refractivity (Wildman–Crippen MR) is 62.5 cm³/mol. The lowest BCUT2D eigenvalue weighted by molar-refractivity contribution is 0.215. The number of oxime groups is 1. The summed E-state index contributed by atoms with van der Waals surface area (Å²) in [5.74, 6) is 0. The van der Waals surface area contributed by atoms with E-state index in [0.717, 1.165) is 5.56 Å². The van der Waals surface area contributed by atoms with Gasteiger partial charge in [0, 0.05) is 18.8 Å². The second kappa shape index (κ2) is 4.82. The molecule has 1 aromatic carbocycles. The maximum atomic E-state index is 4.63. The first-order chi connectivity index (χ1) is 7.40. The van der Waals surface area contributed by atoms with Crippen molar-refractivity contribution in [3.63, 3.8) is 0 Å². The molecule has 15 heavy (non-hydrogen) atoms. The third-order valence-corrected chi connectivity index (χ3v) is 2.67. The quantitative estimate of drug-likeness (QED) is 0.557. The fraction of sp³-hybridized carbons (Fsp3) is 0.417. The predicted octanol–water partition coefficient (Wildman–Crippen LogP) is 2.27. The molecule has 0 atom stereocenters. The summed E-state index contributed by atoms with van der Waals surface area (Å²) >= 11 is 0. The van der Waals surface area contributed by atoms with Crippen LogP contribution >= 0.6 is 0 Å². The van der Waals surface area contributed by atoms with Crippen molar-refractivity contribution in [3.05, 3.63) is 29.8 Å². The molecule has 0 radical (unpaired) electrons. The van der Waals surface area contributed by atoms with Gasteiger partial charge >= 0.3 is 0 Å². The minimum absolute atomic E-state index is 1.07. The van der Waals surface area contributed by atoms with Crippen LogP contribution in [0.4, 0.5) is 5.69 Å². The fourth-order valence-electron chi connectivity index (χ4n) is 1.86. The summed E-state index contributed by atoms with van der Waals surface area (Å²) in [6.07, 6.45) is 4.34. The van der Waals surface area contributed by atoms with Crippen LogP contribution in [0.3, 0.4) is 0 Å². The minimum atomic E-state index is 1.07. The van der Waals surface area contributed by atoms with Gasteiger partial charge in [-0.2, -0.15) is 0 Å². The molecule has 0 unspecified atom stereocenters. The van der Waals surface area contributed by atoms with Crippen LogP contribution in [-0.2, 0) is 4.84 Å². The van der Waals surface area contributed by atoms with Gasteiger partial charge in [0.1, 0.15) is 7.11 Å². The summed E-state index contributed by atoms with van der Waals surface area (Å²) in [6.45, 7) is 2.37. The van der Waals surface area contributed by atoms with Crippen LogP contribution in [0.2, 0.25) is 0 Å². The van der Waals surface area contributed by atoms with Gasteiger partial charge in [0.05, 0.1) is 6.21 Å². The number of hydrogen-bond acceptors (Lipinski definition) is 3. The Morgan fingerprint density at radius 1 is 1.20 bits per heavy atom. The summed E-state index contributed by atoms with van der Waals surface area (Å²) in [5.41, 5.74) is 2.38. The number of nitrogens with zero attached hydrogens (tertiary/aromatic N) is 2. The highest BCUT2D eigenvalue weighted by Crippen LogP contribution is 2.19. The number of anilines is 1. The van der Waals surface area contributed by atoms with Gasteiger partial charge in [0.25, 0.3) is 0 Å². The summed E-state index contributed by atoms with van der Waals surface area (Å²) in [6, 6.07) is 8.41. The Balaban J connectivity index is 2.06. The molecule has 0 aromatic heterocycles. The van der Waals surface area contributed by atoms with E-state index in [1.165, 1.54) is 31.6 Å². The lowest BCUT2D eigenvalue weighted by atomic mass is 10.2. The molecule has 0 amide bonds. The third kappa shape index (κ3) is 2.49. The topological polar surface area (TPSA) is 24.8 Å². The van der Waals surface area contributed by atoms with Gasteiger partial charge in [-0.1, -0.05) is 17.3 Å². The first kappa shape index (κ1) is 10.0. The second-order valence-electron chi connectivity index (χ2n) is 3.70. The van der Waals surface area contributed by atoms with Gasteiger partial charge in [0.15, 0.2) is 0 Å². The molecule has 0 N–H and O–H groups in total. The summed E-state index contributed by atoms with van der Waals surface area (Å²) in [4.78, 5) is 7.05. The maximum absolute atomic E-state index is 4.63. The number of benzene rings is 1. The van der Waals surface area contributed by atoms with E-state index in [2.05, 4.69) is 39.2 Å². The molecule has 1 fully saturated rings. The van der Waals surface area contributed by atoms with E-state index in [4.69, 9.17) is 0 Å². The Bertz CT molecular complexity index is 326. The largest absolute Gasteiger partial charge is 0.399 e. The summed E-state index contributed by atoms with van der Waals surface area (Å²) in [5, 5.41) is 3.73. The zero-order chi connectivity index (χ0) is 10.5. The van der Waals surface area contributed by atoms with E-state index in [1.807, 2.05) is 0 Å². The van der Waals surface area contributed by atoms with Gasteiger partial charge in [0.2, 0.25) is 0 Å². The van der Waals surface area contributed by atoms with Gasteiger partial charge in [-0.05, 0) is 30.5 Å². The van der Waals surface area contributed by atoms with Crippen molar-refractivity contribution in [1.82, 2.24) is 0 Å². The summed E-state index contributed by atoms with van der Waals surface area (Å²) in [7, 11) is 1.55. The van der Waals surface area contributed by atoms with E-state index in [9.17, 15) is 0 Å². The lowest BCUT2D eigenvalue weighted by Gasteiger charge is -2.17. The molecule has 3 heteroatoms. The zero-order valence-electron chi connectivity index (χ0n) is 9.02. The Morgan fingerprint density at radius 2 is 1.87 bits per heavy atom. The van der Waals surface area contributed by atoms with Gasteiger partial charge < -0.3 is 9.74 Å². The second-order valence-corrected chi connectivity index (χ2v) is 3.70. The molecular formula is C12H16N2O. The van der Waals surface area contributed by atoms with Crippen molar-refractivity contribution in [1.29, 1.82) is 0 Å². The zero-order valence-corrected chi connectivity index (χ0v) is 9.02. The Kier molecular flexibility index (Phi) is 3.22. The molecule has 0 saturated carbocycles. The molecule has 1 aliphatic heterocycles. The van der Waals surface area contributed by atoms with Crippen molar-refractivity contribution in [2.45, 2.75) is 12.8 Å². The Labute approximate surface area is 90.3 Å². The molecular weight excluding hydrogens is 188 g/mol. The standard InChI is InChI=1S/C12H16N2O/c1-15-13-10-11-4-6-12(7-5-11)14-8-2-3-9-14/h4-7,10H,2-3,8-9H2,1H3. The molecule has 0 bridgehead atoms. The molecule has 80 valence electrons. The Hall–Kier alpha value is -1.51. The van der Waals surface area contributed by atoms with Crippen LogP contribution in [0.15, 0.2) is 29.4 Å². The van der Waals surface area contributed by atoms with Gasteiger partial charge in [-0.15, -0.1) is 0 Å². The average Bonchev–Trinajstić information content (AvgIpc) is 2.80. The van der Waals surface area contributed by atoms with Crippen LogP contribution in [0.5, 0.6) is 0 Å². The molecule has 1 heterocycles. The molecule has 1 aromatic rings. The van der Waals surface area contributed by atoms with E-state index >= 15 is 0 Å². The number of rotatable bonds is 3. The van der Waals surface area contributed by atoms with E-state index in [1.54, 1.807) is 13.3 Å². The van der Waals surface area contributed by atoms with Crippen LogP contribution < -0.4 is 4.90 Å². The highest BCUT2D eigenvalue weighted by molar-refractivity contribution is 5.79. The van der Waals surface area contributed by atoms with Gasteiger partial charge in [-0.3, -0.25) is 0 Å². The van der Waals surface area contributed by atoms with Crippen LogP contribution in [-0.4, -0.2) is 26.4 Å². The van der Waals surface area contributed by atoms with Crippen LogP contribution in [0.1, 0.15) is 18.4 Å². The highest BCUT2D eigenvalue weighted by atomic mass is 16.6. The van der Waals surface area contributed by atoms with E-state index in [0.29, 0.717) is 0 Å². The van der Waals surface area contributed by atoms with Crippen LogP contribution in [0.25, 0.3) is 0 Å². The molecule has 3 nitrogen and oxygen atoms in total. The molecule has 0 spiro atoms. The lowest BCUT2D eigenvalue weighted by Crippen LogP contribution is -2.17. The molecule has 0 aliphatic carbocycles. The van der Waals surface area contributed by atoms with Gasteiger partial charge in [-0.25, -0.2) is 0 Å². The first-order valence-corrected chi connectivity index (χ1v) is 5.32. The van der Waals surface area contributed by atoms with Crippen molar-refractivity contribution in [2.75, 3.05) is 25.1 Å². The average molecular weight is 204 g/mol. The van der Waals surface area contributed by atoms with Crippen molar-refractivity contribution >= 4 is 11.9 Å². The smallest absolute Gasteiger partial charge is 0.106 e. The first-order valence-electron chi connectivity index (χ1n) is 5.32. The Morgan fingerprint density at radius 3 is 2.47 bits per heavy atom. The molecule has 1 aliphatic rings. The van der Waals surface area contributed by atoms with E-state index < -0.39 is 0 Å². The van der Waals surface area contributed by atoms with Crippen molar-refractivity contribution in [3.8, 4) is 0 Å². The minimum Gasteiger partial charge on any atom is -0.399 e. The fourth-order valence-corrected chi connectivity index (χ4v) is 1.86. The maximum Gasteiger partial charge on any atom is 0.106 e. The number of hydrogen-bond donors (Lipinski definition) is 0. The third-order valence-electron chi connectivity index (χ3n) is 2.67. The van der Waals surface area contributed by atoms with Crippen molar-refractivity contribution in [2.24, 2.45) is 5.16 Å². The summed E-state index contributed by atoms with van der Waals surface area (Å²) < 4.78 is 0. The van der Waals surface area contributed by atoms with Crippen molar-refractivity contribution < 1.29 is 4.84 Å². The molecule has 1 saturated heterocycles. The highest BCUT2D eigenvalue weighted by Gasteiger charge is 2.11. The van der Waals surface area contributed by atoms with E-state index in [-0.39, 0.29) is 0 Å².